The molecule has 0 amide bonds. The first kappa shape index (κ1) is 22.1. The van der Waals surface area contributed by atoms with Gasteiger partial charge in [-0.3, -0.25) is 5.10 Å². The molecule has 0 aliphatic carbocycles. The van der Waals surface area contributed by atoms with Gasteiger partial charge in [0.25, 0.3) is 0 Å². The van der Waals surface area contributed by atoms with Crippen LogP contribution in [0.1, 0.15) is 41.2 Å². The first-order valence-corrected chi connectivity index (χ1v) is 10.8. The Morgan fingerprint density at radius 1 is 1.12 bits per heavy atom. The van der Waals surface area contributed by atoms with Crippen LogP contribution in [0.5, 0.6) is 0 Å². The van der Waals surface area contributed by atoms with Crippen LogP contribution >= 0.6 is 11.6 Å². The van der Waals surface area contributed by atoms with Crippen LogP contribution in [0, 0.1) is 11.3 Å². The normalized spacial score (nSPS) is 12.0. The van der Waals surface area contributed by atoms with Crippen molar-refractivity contribution in [1.82, 2.24) is 10.2 Å². The van der Waals surface area contributed by atoms with Crippen LogP contribution in [0.15, 0.2) is 72.9 Å². The topological polar surface area (TPSA) is 89.8 Å². The molecular weight excluding hydrogens is 434 g/mol. The van der Waals surface area contributed by atoms with E-state index in [1.54, 1.807) is 24.4 Å². The summed E-state index contributed by atoms with van der Waals surface area (Å²) in [5, 5.41) is 26.7. The molecule has 33 heavy (non-hydrogen) atoms. The van der Waals surface area contributed by atoms with Crippen molar-refractivity contribution in [2.24, 2.45) is 0 Å². The molecule has 0 saturated carbocycles. The van der Waals surface area contributed by atoms with Gasteiger partial charge in [-0.2, -0.15) is 10.4 Å². The third-order valence-electron chi connectivity index (χ3n) is 5.43. The SMILES string of the molecule is CCC(=C(c1ccc(/C=C/C(=O)O)cc1)c1ccc2[nH]ncc2c1)c1ccc(C#N)cc1Cl. The number of aromatic amines is 1. The fourth-order valence-electron chi connectivity index (χ4n) is 3.87. The number of hydrogen-bond donors (Lipinski definition) is 2. The monoisotopic (exact) mass is 453 g/mol. The Kier molecular flexibility index (Phi) is 6.39. The number of carboxylic acid groups (broad SMARTS) is 1. The maximum atomic E-state index is 10.8. The van der Waals surface area contributed by atoms with E-state index in [1.807, 2.05) is 42.5 Å². The van der Waals surface area contributed by atoms with Gasteiger partial charge >= 0.3 is 5.97 Å². The quantitative estimate of drug-likeness (QED) is 0.255. The standard InChI is InChI=1S/C27H20ClN3O2/c1-2-22(23-10-5-18(15-29)13-24(23)28)27(20-9-11-25-21(14-20)16-30-31-25)19-7-3-17(4-8-19)6-12-26(32)33/h3-14,16H,2H2,1H3,(H,30,31)(H,32,33)/b12-6+,27-22?. The highest BCUT2D eigenvalue weighted by Gasteiger charge is 2.16. The molecule has 0 aliphatic heterocycles. The number of rotatable bonds is 6. The molecule has 6 heteroatoms. The average Bonchev–Trinajstić information content (AvgIpc) is 3.30. The van der Waals surface area contributed by atoms with E-state index in [9.17, 15) is 10.1 Å². The van der Waals surface area contributed by atoms with Gasteiger partial charge in [-0.15, -0.1) is 0 Å². The molecule has 162 valence electrons. The summed E-state index contributed by atoms with van der Waals surface area (Å²) in [6.45, 7) is 2.07. The summed E-state index contributed by atoms with van der Waals surface area (Å²) >= 11 is 6.61. The molecule has 0 aliphatic rings. The van der Waals surface area contributed by atoms with E-state index >= 15 is 0 Å². The lowest BCUT2D eigenvalue weighted by Crippen LogP contribution is -1.96. The van der Waals surface area contributed by atoms with Gasteiger partial charge in [0.15, 0.2) is 0 Å². The molecule has 3 aromatic carbocycles. The summed E-state index contributed by atoms with van der Waals surface area (Å²) in [7, 11) is 0. The fourth-order valence-corrected chi connectivity index (χ4v) is 4.17. The fraction of sp³-hybridized carbons (Fsp3) is 0.0741. The molecule has 0 atom stereocenters. The van der Waals surface area contributed by atoms with Gasteiger partial charge in [0, 0.05) is 16.5 Å². The molecule has 1 heterocycles. The summed E-state index contributed by atoms with van der Waals surface area (Å²) in [5.41, 5.74) is 7.16. The van der Waals surface area contributed by atoms with Crippen molar-refractivity contribution < 1.29 is 9.90 Å². The van der Waals surface area contributed by atoms with Gasteiger partial charge in [0.05, 0.1) is 23.3 Å². The van der Waals surface area contributed by atoms with E-state index in [0.29, 0.717) is 17.0 Å². The Hall–Kier alpha value is -4.14. The van der Waals surface area contributed by atoms with Gasteiger partial charge in [-0.25, -0.2) is 4.79 Å². The minimum atomic E-state index is -0.989. The van der Waals surface area contributed by atoms with Crippen molar-refractivity contribution in [2.45, 2.75) is 13.3 Å². The summed E-state index contributed by atoms with van der Waals surface area (Å²) in [6.07, 6.45) is 5.18. The minimum absolute atomic E-state index is 0.509. The zero-order valence-corrected chi connectivity index (χ0v) is 18.6. The number of carbonyl (C=O) groups is 1. The number of nitriles is 1. The number of hydrogen-bond acceptors (Lipinski definition) is 3. The van der Waals surface area contributed by atoms with Gasteiger partial charge in [-0.05, 0) is 70.2 Å². The molecule has 0 bridgehead atoms. The van der Waals surface area contributed by atoms with Crippen LogP contribution in [0.4, 0.5) is 0 Å². The number of aliphatic carboxylic acids is 1. The number of allylic oxidation sites excluding steroid dienone is 1. The second-order valence-corrected chi connectivity index (χ2v) is 7.89. The maximum Gasteiger partial charge on any atom is 0.328 e. The van der Waals surface area contributed by atoms with Gasteiger partial charge < -0.3 is 5.11 Å². The van der Waals surface area contributed by atoms with Crippen molar-refractivity contribution >= 4 is 45.7 Å². The highest BCUT2D eigenvalue weighted by atomic mass is 35.5. The second kappa shape index (κ2) is 9.56. The molecule has 2 N–H and O–H groups in total. The van der Waals surface area contributed by atoms with Gasteiger partial charge in [0.1, 0.15) is 0 Å². The first-order chi connectivity index (χ1) is 16.0. The first-order valence-electron chi connectivity index (χ1n) is 10.4. The lowest BCUT2D eigenvalue weighted by atomic mass is 9.87. The predicted octanol–water partition coefficient (Wildman–Crippen LogP) is 6.55. The number of halogens is 1. The zero-order chi connectivity index (χ0) is 23.4. The number of H-pyrrole nitrogens is 1. The van der Waals surface area contributed by atoms with Crippen LogP contribution in [-0.2, 0) is 4.79 Å². The summed E-state index contributed by atoms with van der Waals surface area (Å²) in [6, 6.07) is 21.3. The summed E-state index contributed by atoms with van der Waals surface area (Å²) < 4.78 is 0. The number of nitrogens with one attached hydrogen (secondary N) is 1. The molecule has 4 aromatic rings. The lowest BCUT2D eigenvalue weighted by molar-refractivity contribution is -0.131. The lowest BCUT2D eigenvalue weighted by Gasteiger charge is -2.18. The third-order valence-corrected chi connectivity index (χ3v) is 5.74. The molecule has 5 nitrogen and oxygen atoms in total. The van der Waals surface area contributed by atoms with Gasteiger partial charge in [-0.1, -0.05) is 54.9 Å². The van der Waals surface area contributed by atoms with E-state index in [1.165, 1.54) is 0 Å². The number of benzene rings is 3. The Labute approximate surface area is 196 Å². The molecular formula is C27H20ClN3O2. The van der Waals surface area contributed by atoms with E-state index in [0.717, 1.165) is 50.4 Å². The van der Waals surface area contributed by atoms with Crippen LogP contribution in [0.3, 0.4) is 0 Å². The number of aromatic nitrogens is 2. The van der Waals surface area contributed by atoms with Crippen molar-refractivity contribution in [3.63, 3.8) is 0 Å². The molecule has 0 saturated heterocycles. The smallest absolute Gasteiger partial charge is 0.328 e. The van der Waals surface area contributed by atoms with Crippen molar-refractivity contribution in [2.75, 3.05) is 0 Å². The summed E-state index contributed by atoms with van der Waals surface area (Å²) in [5.74, 6) is -0.989. The number of nitrogens with zero attached hydrogens (tertiary/aromatic N) is 2. The molecule has 0 unspecified atom stereocenters. The van der Waals surface area contributed by atoms with Crippen LogP contribution in [0.2, 0.25) is 5.02 Å². The van der Waals surface area contributed by atoms with Crippen LogP contribution in [0.25, 0.3) is 28.1 Å². The third kappa shape index (κ3) is 4.72. The minimum Gasteiger partial charge on any atom is -0.478 e. The van der Waals surface area contributed by atoms with Crippen molar-refractivity contribution in [1.29, 1.82) is 5.26 Å². The maximum absolute atomic E-state index is 10.8. The summed E-state index contributed by atoms with van der Waals surface area (Å²) in [4.78, 5) is 10.8. The molecule has 4 rings (SSSR count). The molecule has 0 spiro atoms. The van der Waals surface area contributed by atoms with Crippen molar-refractivity contribution in [3.8, 4) is 6.07 Å². The van der Waals surface area contributed by atoms with E-state index in [4.69, 9.17) is 16.7 Å². The van der Waals surface area contributed by atoms with E-state index in [-0.39, 0.29) is 0 Å². The Morgan fingerprint density at radius 3 is 2.55 bits per heavy atom. The highest BCUT2D eigenvalue weighted by molar-refractivity contribution is 6.33. The van der Waals surface area contributed by atoms with Crippen molar-refractivity contribution in [3.05, 3.63) is 106 Å². The Balaban J connectivity index is 1.94. The highest BCUT2D eigenvalue weighted by Crippen LogP contribution is 2.38. The second-order valence-electron chi connectivity index (χ2n) is 7.48. The largest absolute Gasteiger partial charge is 0.478 e. The zero-order valence-electron chi connectivity index (χ0n) is 17.8. The van der Waals surface area contributed by atoms with E-state index < -0.39 is 5.97 Å². The van der Waals surface area contributed by atoms with Gasteiger partial charge in [0.2, 0.25) is 0 Å². The molecule has 1 aromatic heterocycles. The Morgan fingerprint density at radius 2 is 1.88 bits per heavy atom. The molecule has 0 fully saturated rings. The average molecular weight is 454 g/mol. The number of carboxylic acids is 1. The number of fused-ring (bicyclic) bond motifs is 1. The molecule has 0 radical (unpaired) electrons. The van der Waals surface area contributed by atoms with Crippen LogP contribution in [-0.4, -0.2) is 21.3 Å². The van der Waals surface area contributed by atoms with Crippen LogP contribution < -0.4 is 0 Å². The predicted molar refractivity (Wildman–Crippen MR) is 132 cm³/mol. The Bertz CT molecular complexity index is 1440. The van der Waals surface area contributed by atoms with E-state index in [2.05, 4.69) is 29.3 Å².